The molecule has 2 aromatic heterocycles. The minimum absolute atomic E-state index is 0.136. The number of carbonyl (C=O) groups is 1. The van der Waals surface area contributed by atoms with Gasteiger partial charge in [-0.05, 0) is 18.9 Å². The van der Waals surface area contributed by atoms with Crippen molar-refractivity contribution in [3.05, 3.63) is 30.1 Å². The summed E-state index contributed by atoms with van der Waals surface area (Å²) in [5, 5.41) is 7.61. The van der Waals surface area contributed by atoms with Crippen LogP contribution in [0.25, 0.3) is 0 Å². The van der Waals surface area contributed by atoms with Gasteiger partial charge in [0.15, 0.2) is 0 Å². The molecule has 1 N–H and O–H groups in total. The average molecular weight is 332 g/mol. The van der Waals surface area contributed by atoms with Crippen LogP contribution in [0, 0.1) is 0 Å². The van der Waals surface area contributed by atoms with Crippen molar-refractivity contribution >= 4 is 17.7 Å². The van der Waals surface area contributed by atoms with Crippen molar-refractivity contribution in [2.24, 2.45) is 0 Å². The van der Waals surface area contributed by atoms with Gasteiger partial charge in [-0.15, -0.1) is 5.10 Å². The summed E-state index contributed by atoms with van der Waals surface area (Å²) in [5.41, 5.74) is 1.02. The molecule has 0 aliphatic carbocycles. The Labute approximate surface area is 139 Å². The number of amides is 1. The van der Waals surface area contributed by atoms with Gasteiger partial charge in [-0.2, -0.15) is 0 Å². The first kappa shape index (κ1) is 15.9. The van der Waals surface area contributed by atoms with E-state index in [1.807, 2.05) is 17.9 Å². The summed E-state index contributed by atoms with van der Waals surface area (Å²) in [6.45, 7) is 3.56. The second kappa shape index (κ2) is 7.54. The van der Waals surface area contributed by atoms with Crippen LogP contribution >= 0.6 is 11.8 Å². The fourth-order valence-corrected chi connectivity index (χ4v) is 3.43. The number of nitrogens with zero attached hydrogens (tertiary/aromatic N) is 5. The number of hydrogen-bond donors (Lipinski definition) is 1. The van der Waals surface area contributed by atoms with E-state index in [-0.39, 0.29) is 5.91 Å². The Morgan fingerprint density at radius 3 is 3.17 bits per heavy atom. The van der Waals surface area contributed by atoms with E-state index in [1.165, 1.54) is 11.8 Å². The SMILES string of the molecule is CCc1nc(SCC(=O)N2CCC[C@@H](c3ccncn3)C2)n[nH]1. The van der Waals surface area contributed by atoms with Crippen molar-refractivity contribution in [3.63, 3.8) is 0 Å². The maximum Gasteiger partial charge on any atom is 0.233 e. The molecule has 3 rings (SSSR count). The molecule has 0 unspecified atom stereocenters. The fraction of sp³-hybridized carbons (Fsp3) is 0.533. The van der Waals surface area contributed by atoms with Gasteiger partial charge in [-0.25, -0.2) is 15.0 Å². The van der Waals surface area contributed by atoms with Crippen molar-refractivity contribution in [1.29, 1.82) is 0 Å². The van der Waals surface area contributed by atoms with Gasteiger partial charge in [0, 0.05) is 37.3 Å². The molecule has 0 bridgehead atoms. The minimum atomic E-state index is 0.136. The Bertz CT molecular complexity index is 646. The lowest BCUT2D eigenvalue weighted by atomic mass is 9.94. The first-order chi connectivity index (χ1) is 11.3. The molecule has 1 aliphatic heterocycles. The lowest BCUT2D eigenvalue weighted by Gasteiger charge is -2.32. The largest absolute Gasteiger partial charge is 0.341 e. The number of aromatic amines is 1. The van der Waals surface area contributed by atoms with E-state index in [0.717, 1.165) is 43.9 Å². The zero-order chi connectivity index (χ0) is 16.1. The second-order valence-electron chi connectivity index (χ2n) is 5.52. The molecule has 8 heteroatoms. The van der Waals surface area contributed by atoms with Crippen LogP contribution in [-0.2, 0) is 11.2 Å². The van der Waals surface area contributed by atoms with Crippen LogP contribution in [0.3, 0.4) is 0 Å². The molecule has 2 aromatic rings. The second-order valence-corrected chi connectivity index (χ2v) is 6.46. The first-order valence-corrected chi connectivity index (χ1v) is 8.82. The molecule has 1 fully saturated rings. The molecule has 3 heterocycles. The molecule has 1 aliphatic rings. The Morgan fingerprint density at radius 2 is 2.43 bits per heavy atom. The molecule has 1 atom stereocenters. The maximum atomic E-state index is 12.4. The molecule has 1 amide bonds. The normalized spacial score (nSPS) is 18.1. The monoisotopic (exact) mass is 332 g/mol. The van der Waals surface area contributed by atoms with Crippen molar-refractivity contribution < 1.29 is 4.79 Å². The van der Waals surface area contributed by atoms with Gasteiger partial charge in [0.2, 0.25) is 11.1 Å². The Balaban J connectivity index is 1.54. The number of likely N-dealkylation sites (tertiary alicyclic amines) is 1. The number of aromatic nitrogens is 5. The number of aryl methyl sites for hydroxylation is 1. The lowest BCUT2D eigenvalue weighted by molar-refractivity contribution is -0.129. The summed E-state index contributed by atoms with van der Waals surface area (Å²) in [5.74, 6) is 1.66. The fourth-order valence-electron chi connectivity index (χ4n) is 2.71. The number of H-pyrrole nitrogens is 1. The van der Waals surface area contributed by atoms with E-state index < -0.39 is 0 Å². The summed E-state index contributed by atoms with van der Waals surface area (Å²) in [7, 11) is 0. The molecule has 7 nitrogen and oxygen atoms in total. The number of hydrogen-bond acceptors (Lipinski definition) is 6. The highest BCUT2D eigenvalue weighted by molar-refractivity contribution is 7.99. The van der Waals surface area contributed by atoms with Crippen LogP contribution in [0.1, 0.15) is 37.2 Å². The molecule has 0 radical (unpaired) electrons. The first-order valence-electron chi connectivity index (χ1n) is 7.84. The smallest absolute Gasteiger partial charge is 0.233 e. The molecule has 122 valence electrons. The zero-order valence-electron chi connectivity index (χ0n) is 13.1. The van der Waals surface area contributed by atoms with Crippen LogP contribution in [0.2, 0.25) is 0 Å². The highest BCUT2D eigenvalue weighted by atomic mass is 32.2. The molecule has 23 heavy (non-hydrogen) atoms. The quantitative estimate of drug-likeness (QED) is 0.838. The van der Waals surface area contributed by atoms with Crippen LogP contribution in [0.5, 0.6) is 0 Å². The van der Waals surface area contributed by atoms with E-state index in [2.05, 4.69) is 25.1 Å². The molecular formula is C15H20N6OS. The van der Waals surface area contributed by atoms with Crippen molar-refractivity contribution in [2.75, 3.05) is 18.8 Å². The van der Waals surface area contributed by atoms with Gasteiger partial charge in [-0.1, -0.05) is 18.7 Å². The third-order valence-electron chi connectivity index (χ3n) is 3.97. The maximum absolute atomic E-state index is 12.4. The van der Waals surface area contributed by atoms with Crippen LogP contribution in [0.15, 0.2) is 23.7 Å². The number of nitrogens with one attached hydrogen (secondary N) is 1. The Kier molecular flexibility index (Phi) is 5.22. The van der Waals surface area contributed by atoms with Crippen LogP contribution in [-0.4, -0.2) is 54.8 Å². The third kappa shape index (κ3) is 4.07. The summed E-state index contributed by atoms with van der Waals surface area (Å²) in [6, 6.07) is 1.94. The van der Waals surface area contributed by atoms with Crippen molar-refractivity contribution in [1.82, 2.24) is 30.0 Å². The van der Waals surface area contributed by atoms with E-state index in [0.29, 0.717) is 16.8 Å². The highest BCUT2D eigenvalue weighted by Gasteiger charge is 2.25. The Hall–Kier alpha value is -1.96. The zero-order valence-corrected chi connectivity index (χ0v) is 13.9. The summed E-state index contributed by atoms with van der Waals surface area (Å²) in [6.07, 6.45) is 6.21. The molecular weight excluding hydrogens is 312 g/mol. The highest BCUT2D eigenvalue weighted by Crippen LogP contribution is 2.25. The van der Waals surface area contributed by atoms with Crippen LogP contribution in [0.4, 0.5) is 0 Å². The van der Waals surface area contributed by atoms with Crippen LogP contribution < -0.4 is 0 Å². The van der Waals surface area contributed by atoms with Gasteiger partial charge in [-0.3, -0.25) is 9.89 Å². The number of thioether (sulfide) groups is 1. The van der Waals surface area contributed by atoms with E-state index in [1.54, 1.807) is 12.5 Å². The lowest BCUT2D eigenvalue weighted by Crippen LogP contribution is -2.40. The third-order valence-corrected chi connectivity index (χ3v) is 4.80. The van der Waals surface area contributed by atoms with Gasteiger partial charge in [0.25, 0.3) is 0 Å². The summed E-state index contributed by atoms with van der Waals surface area (Å²) in [4.78, 5) is 27.0. The van der Waals surface area contributed by atoms with Crippen molar-refractivity contribution in [2.45, 2.75) is 37.3 Å². The summed E-state index contributed by atoms with van der Waals surface area (Å²) < 4.78 is 0. The van der Waals surface area contributed by atoms with Crippen molar-refractivity contribution in [3.8, 4) is 0 Å². The van der Waals surface area contributed by atoms with Gasteiger partial charge >= 0.3 is 0 Å². The van der Waals surface area contributed by atoms with Gasteiger partial charge in [0.1, 0.15) is 12.2 Å². The standard InChI is InChI=1S/C15H20N6OS/c1-2-13-18-15(20-19-13)23-9-14(22)21-7-3-4-11(8-21)12-5-6-16-10-17-12/h5-6,10-11H,2-4,7-9H2,1H3,(H,18,19,20)/t11-/m1/s1. The van der Waals surface area contributed by atoms with E-state index in [4.69, 9.17) is 0 Å². The molecule has 0 saturated carbocycles. The number of carbonyl (C=O) groups excluding carboxylic acids is 1. The molecule has 0 aromatic carbocycles. The minimum Gasteiger partial charge on any atom is -0.341 e. The summed E-state index contributed by atoms with van der Waals surface area (Å²) >= 11 is 1.39. The van der Waals surface area contributed by atoms with Gasteiger partial charge in [0.05, 0.1) is 5.75 Å². The predicted octanol–water partition coefficient (Wildman–Crippen LogP) is 1.66. The average Bonchev–Trinajstić information content (AvgIpc) is 3.09. The van der Waals surface area contributed by atoms with E-state index in [9.17, 15) is 4.79 Å². The predicted molar refractivity (Wildman–Crippen MR) is 87.1 cm³/mol. The Morgan fingerprint density at radius 1 is 1.52 bits per heavy atom. The molecule has 1 saturated heterocycles. The number of piperidine rings is 1. The topological polar surface area (TPSA) is 87.7 Å². The molecule has 0 spiro atoms. The van der Waals surface area contributed by atoms with Gasteiger partial charge < -0.3 is 4.90 Å². The number of rotatable bonds is 5. The van der Waals surface area contributed by atoms with E-state index >= 15 is 0 Å².